The van der Waals surface area contributed by atoms with Crippen LogP contribution in [0.4, 0.5) is 14.6 Å². The summed E-state index contributed by atoms with van der Waals surface area (Å²) >= 11 is 0. The smallest absolute Gasteiger partial charge is 0.130 e. The van der Waals surface area contributed by atoms with Crippen molar-refractivity contribution in [3.05, 3.63) is 77.6 Å². The second kappa shape index (κ2) is 7.36. The summed E-state index contributed by atoms with van der Waals surface area (Å²) < 4.78 is 26.7. The Kier molecular flexibility index (Phi) is 5.00. The molecule has 0 unspecified atom stereocenters. The molecule has 0 spiro atoms. The van der Waals surface area contributed by atoms with Crippen LogP contribution < -0.4 is 11.1 Å². The Bertz CT molecular complexity index is 866. The van der Waals surface area contributed by atoms with Crippen molar-refractivity contribution in [1.29, 1.82) is 0 Å². The van der Waals surface area contributed by atoms with Crippen molar-refractivity contribution >= 4 is 5.82 Å². The summed E-state index contributed by atoms with van der Waals surface area (Å²) in [7, 11) is 0. The quantitative estimate of drug-likeness (QED) is 0.741. The van der Waals surface area contributed by atoms with Crippen molar-refractivity contribution in [3.63, 3.8) is 0 Å². The van der Waals surface area contributed by atoms with Crippen molar-refractivity contribution in [1.82, 2.24) is 9.97 Å². The predicted octanol–water partition coefficient (Wildman–Crippen LogP) is 3.84. The van der Waals surface area contributed by atoms with Crippen molar-refractivity contribution < 1.29 is 8.78 Å². The zero-order valence-electron chi connectivity index (χ0n) is 13.7. The first-order valence-electron chi connectivity index (χ1n) is 7.86. The minimum absolute atomic E-state index is 0.274. The van der Waals surface area contributed by atoms with Crippen LogP contribution in [-0.4, -0.2) is 16.5 Å². The maximum absolute atomic E-state index is 13.7. The van der Waals surface area contributed by atoms with Gasteiger partial charge >= 0.3 is 0 Å². The molecule has 0 bridgehead atoms. The van der Waals surface area contributed by atoms with Crippen molar-refractivity contribution in [2.24, 2.45) is 5.73 Å². The molecular weight excluding hydrogens is 322 g/mol. The lowest BCUT2D eigenvalue weighted by Gasteiger charge is -2.14. The average molecular weight is 340 g/mol. The average Bonchev–Trinajstić information content (AvgIpc) is 2.63. The SMILES string of the molecule is Cc1ccc(-c2cc(NC[C@H](N)c3ccc(F)cc3)ncn2)cc1F. The maximum atomic E-state index is 13.7. The molecule has 128 valence electrons. The topological polar surface area (TPSA) is 63.8 Å². The van der Waals surface area contributed by atoms with Gasteiger partial charge in [-0.15, -0.1) is 0 Å². The molecule has 4 nitrogen and oxygen atoms in total. The number of hydrogen-bond donors (Lipinski definition) is 2. The Morgan fingerprint density at radius 3 is 2.52 bits per heavy atom. The summed E-state index contributed by atoms with van der Waals surface area (Å²) in [5.74, 6) is 0.0159. The van der Waals surface area contributed by atoms with E-state index >= 15 is 0 Å². The number of anilines is 1. The van der Waals surface area contributed by atoms with E-state index < -0.39 is 0 Å². The summed E-state index contributed by atoms with van der Waals surface area (Å²) in [6.07, 6.45) is 1.42. The zero-order valence-corrected chi connectivity index (χ0v) is 13.7. The van der Waals surface area contributed by atoms with Gasteiger partial charge in [-0.2, -0.15) is 0 Å². The molecule has 1 atom stereocenters. The number of halogens is 2. The summed E-state index contributed by atoms with van der Waals surface area (Å²) in [4.78, 5) is 8.34. The Balaban J connectivity index is 1.71. The van der Waals surface area contributed by atoms with Crippen molar-refractivity contribution in [3.8, 4) is 11.3 Å². The molecule has 0 aliphatic heterocycles. The van der Waals surface area contributed by atoms with Gasteiger partial charge in [0.25, 0.3) is 0 Å². The molecule has 3 aromatic rings. The normalized spacial score (nSPS) is 12.0. The van der Waals surface area contributed by atoms with Gasteiger partial charge in [0.1, 0.15) is 23.8 Å². The first-order valence-corrected chi connectivity index (χ1v) is 7.86. The molecule has 1 aromatic heterocycles. The van der Waals surface area contributed by atoms with Crippen LogP contribution in [0.1, 0.15) is 17.2 Å². The number of nitrogens with two attached hydrogens (primary N) is 1. The van der Waals surface area contributed by atoms with Gasteiger partial charge in [0.15, 0.2) is 0 Å². The van der Waals surface area contributed by atoms with Crippen LogP contribution in [-0.2, 0) is 0 Å². The molecule has 0 amide bonds. The van der Waals surface area contributed by atoms with E-state index in [1.165, 1.54) is 24.5 Å². The largest absolute Gasteiger partial charge is 0.368 e. The lowest BCUT2D eigenvalue weighted by atomic mass is 10.1. The number of benzene rings is 2. The van der Waals surface area contributed by atoms with Gasteiger partial charge in [-0.3, -0.25) is 0 Å². The van der Waals surface area contributed by atoms with E-state index in [0.717, 1.165) is 5.56 Å². The molecule has 3 N–H and O–H groups in total. The number of rotatable bonds is 5. The van der Waals surface area contributed by atoms with Crippen LogP contribution in [0.3, 0.4) is 0 Å². The summed E-state index contributed by atoms with van der Waals surface area (Å²) in [5.41, 5.74) is 8.80. The van der Waals surface area contributed by atoms with Crippen molar-refractivity contribution in [2.45, 2.75) is 13.0 Å². The van der Waals surface area contributed by atoms with E-state index in [1.807, 2.05) is 6.07 Å². The molecular formula is C19H18F2N4. The van der Waals surface area contributed by atoms with Gasteiger partial charge in [-0.25, -0.2) is 18.7 Å². The highest BCUT2D eigenvalue weighted by Gasteiger charge is 2.08. The first kappa shape index (κ1) is 17.0. The molecule has 0 saturated carbocycles. The van der Waals surface area contributed by atoms with E-state index in [-0.39, 0.29) is 17.7 Å². The predicted molar refractivity (Wildman–Crippen MR) is 94.0 cm³/mol. The molecule has 25 heavy (non-hydrogen) atoms. The zero-order chi connectivity index (χ0) is 17.8. The number of hydrogen-bond acceptors (Lipinski definition) is 4. The molecule has 0 aliphatic carbocycles. The highest BCUT2D eigenvalue weighted by molar-refractivity contribution is 5.62. The van der Waals surface area contributed by atoms with Crippen LogP contribution >= 0.6 is 0 Å². The standard InChI is InChI=1S/C19H18F2N4/c1-12-2-3-14(8-16(12)21)18-9-19(25-11-24-18)23-10-17(22)13-4-6-15(20)7-5-13/h2-9,11,17H,10,22H2,1H3,(H,23,24,25)/t17-/m0/s1. The lowest BCUT2D eigenvalue weighted by molar-refractivity contribution is 0.619. The van der Waals surface area contributed by atoms with Crippen LogP contribution in [0.2, 0.25) is 0 Å². The fourth-order valence-corrected chi connectivity index (χ4v) is 2.41. The highest BCUT2D eigenvalue weighted by Crippen LogP contribution is 2.21. The van der Waals surface area contributed by atoms with E-state index in [0.29, 0.717) is 29.2 Å². The number of nitrogens with one attached hydrogen (secondary N) is 1. The third-order valence-corrected chi connectivity index (χ3v) is 3.94. The van der Waals surface area contributed by atoms with Crippen LogP contribution in [0, 0.1) is 18.6 Å². The van der Waals surface area contributed by atoms with E-state index in [2.05, 4.69) is 15.3 Å². The van der Waals surface area contributed by atoms with Gasteiger partial charge in [-0.05, 0) is 36.2 Å². The summed E-state index contributed by atoms with van der Waals surface area (Å²) in [6.45, 7) is 2.13. The second-order valence-electron chi connectivity index (χ2n) is 5.79. The third kappa shape index (κ3) is 4.16. The maximum Gasteiger partial charge on any atom is 0.130 e. The summed E-state index contributed by atoms with van der Waals surface area (Å²) in [6, 6.07) is 12.5. The number of aromatic nitrogens is 2. The molecule has 3 rings (SSSR count). The minimum Gasteiger partial charge on any atom is -0.368 e. The number of nitrogens with zero attached hydrogens (tertiary/aromatic N) is 2. The Hall–Kier alpha value is -2.86. The molecule has 0 saturated heterocycles. The van der Waals surface area contributed by atoms with Gasteiger partial charge < -0.3 is 11.1 Å². The van der Waals surface area contributed by atoms with E-state index in [9.17, 15) is 8.78 Å². The van der Waals surface area contributed by atoms with E-state index in [1.54, 1.807) is 31.2 Å². The molecule has 6 heteroatoms. The molecule has 0 fully saturated rings. The third-order valence-electron chi connectivity index (χ3n) is 3.94. The van der Waals surface area contributed by atoms with E-state index in [4.69, 9.17) is 5.73 Å². The van der Waals surface area contributed by atoms with Gasteiger partial charge in [0.05, 0.1) is 5.69 Å². The first-order chi connectivity index (χ1) is 12.0. The van der Waals surface area contributed by atoms with Gasteiger partial charge in [0, 0.05) is 24.2 Å². The highest BCUT2D eigenvalue weighted by atomic mass is 19.1. The van der Waals surface area contributed by atoms with Crippen LogP contribution in [0.5, 0.6) is 0 Å². The molecule has 2 aromatic carbocycles. The van der Waals surface area contributed by atoms with Gasteiger partial charge in [-0.1, -0.05) is 24.3 Å². The Labute approximate surface area is 144 Å². The summed E-state index contributed by atoms with van der Waals surface area (Å²) in [5, 5.41) is 3.13. The van der Waals surface area contributed by atoms with Crippen molar-refractivity contribution in [2.75, 3.05) is 11.9 Å². The Morgan fingerprint density at radius 2 is 1.80 bits per heavy atom. The van der Waals surface area contributed by atoms with Crippen LogP contribution in [0.25, 0.3) is 11.3 Å². The monoisotopic (exact) mass is 340 g/mol. The Morgan fingerprint density at radius 1 is 1.04 bits per heavy atom. The minimum atomic E-state index is -0.309. The fourth-order valence-electron chi connectivity index (χ4n) is 2.41. The fraction of sp³-hybridized carbons (Fsp3) is 0.158. The molecule has 0 aliphatic rings. The second-order valence-corrected chi connectivity index (χ2v) is 5.79. The number of aryl methyl sites for hydroxylation is 1. The van der Waals surface area contributed by atoms with Gasteiger partial charge in [0.2, 0.25) is 0 Å². The lowest BCUT2D eigenvalue weighted by Crippen LogP contribution is -2.21. The molecule has 1 heterocycles. The van der Waals surface area contributed by atoms with Crippen LogP contribution in [0.15, 0.2) is 54.9 Å². The molecule has 0 radical (unpaired) electrons.